The molecule has 2 unspecified atom stereocenters. The molecule has 1 aromatic carbocycles. The summed E-state index contributed by atoms with van der Waals surface area (Å²) in [4.78, 5) is 54.9. The van der Waals surface area contributed by atoms with Crippen LogP contribution in [0.25, 0.3) is 0 Å². The SMILES string of the molecule is CC(C(=O)N1CCN(C(=O)c2ccco2)CC1)N1C(=O)NC(C)(c2cc(F)ccc2F)C1=O. The van der Waals surface area contributed by atoms with E-state index in [1.807, 2.05) is 0 Å². The summed E-state index contributed by atoms with van der Waals surface area (Å²) in [6, 6.07) is 3.73. The molecule has 2 aromatic rings. The van der Waals surface area contributed by atoms with Crippen LogP contribution < -0.4 is 5.32 Å². The fourth-order valence-electron chi connectivity index (χ4n) is 4.14. The lowest BCUT2D eigenvalue weighted by atomic mass is 9.91. The highest BCUT2D eigenvalue weighted by molar-refractivity contribution is 6.10. The molecule has 1 aromatic heterocycles. The topological polar surface area (TPSA) is 103 Å². The van der Waals surface area contributed by atoms with Crippen LogP contribution in [0.1, 0.15) is 30.0 Å². The molecule has 11 heteroatoms. The number of furan rings is 1. The number of benzene rings is 1. The number of urea groups is 1. The number of hydrogen-bond acceptors (Lipinski definition) is 5. The van der Waals surface area contributed by atoms with Crippen molar-refractivity contribution in [2.75, 3.05) is 26.2 Å². The average Bonchev–Trinajstić information content (AvgIpc) is 3.41. The van der Waals surface area contributed by atoms with Gasteiger partial charge in [-0.3, -0.25) is 14.4 Å². The minimum atomic E-state index is -1.86. The van der Waals surface area contributed by atoms with E-state index in [0.717, 1.165) is 23.1 Å². The van der Waals surface area contributed by atoms with Gasteiger partial charge in [0, 0.05) is 31.7 Å². The number of halogens is 2. The van der Waals surface area contributed by atoms with E-state index >= 15 is 0 Å². The molecule has 4 rings (SSSR count). The van der Waals surface area contributed by atoms with Gasteiger partial charge in [0.05, 0.1) is 6.26 Å². The van der Waals surface area contributed by atoms with E-state index in [0.29, 0.717) is 0 Å². The summed E-state index contributed by atoms with van der Waals surface area (Å²) in [6.07, 6.45) is 1.40. The van der Waals surface area contributed by atoms with Gasteiger partial charge >= 0.3 is 6.03 Å². The average molecular weight is 460 g/mol. The molecule has 0 radical (unpaired) electrons. The maximum absolute atomic E-state index is 14.3. The van der Waals surface area contributed by atoms with Crippen LogP contribution in [0.4, 0.5) is 13.6 Å². The smallest absolute Gasteiger partial charge is 0.326 e. The van der Waals surface area contributed by atoms with Gasteiger partial charge in [0.2, 0.25) is 5.91 Å². The van der Waals surface area contributed by atoms with E-state index in [2.05, 4.69) is 5.32 Å². The second-order valence-corrected chi connectivity index (χ2v) is 8.13. The number of piperazine rings is 1. The molecular formula is C22H22F2N4O5. The largest absolute Gasteiger partial charge is 0.459 e. The van der Waals surface area contributed by atoms with Crippen LogP contribution >= 0.6 is 0 Å². The van der Waals surface area contributed by atoms with E-state index in [4.69, 9.17) is 4.42 Å². The molecule has 2 saturated heterocycles. The fourth-order valence-corrected chi connectivity index (χ4v) is 4.14. The number of rotatable bonds is 4. The first-order valence-corrected chi connectivity index (χ1v) is 10.4. The fraction of sp³-hybridized carbons (Fsp3) is 0.364. The van der Waals surface area contributed by atoms with Crippen molar-refractivity contribution in [3.63, 3.8) is 0 Å². The van der Waals surface area contributed by atoms with Gasteiger partial charge in [-0.2, -0.15) is 0 Å². The van der Waals surface area contributed by atoms with Gasteiger partial charge in [0.15, 0.2) is 5.76 Å². The molecule has 2 fully saturated rings. The highest BCUT2D eigenvalue weighted by atomic mass is 19.1. The van der Waals surface area contributed by atoms with E-state index in [9.17, 15) is 28.0 Å². The van der Waals surface area contributed by atoms with Gasteiger partial charge in [-0.25, -0.2) is 18.5 Å². The number of carbonyl (C=O) groups is 4. The van der Waals surface area contributed by atoms with Crippen LogP contribution in [0, 0.1) is 11.6 Å². The van der Waals surface area contributed by atoms with Crippen molar-refractivity contribution in [3.8, 4) is 0 Å². The molecule has 2 aliphatic rings. The van der Waals surface area contributed by atoms with E-state index < -0.39 is 41.1 Å². The first-order valence-electron chi connectivity index (χ1n) is 10.4. The Morgan fingerprint density at radius 2 is 1.76 bits per heavy atom. The molecule has 0 bridgehead atoms. The Morgan fingerprint density at radius 3 is 2.39 bits per heavy atom. The van der Waals surface area contributed by atoms with Crippen LogP contribution in [0.2, 0.25) is 0 Å². The van der Waals surface area contributed by atoms with Crippen molar-refractivity contribution in [1.82, 2.24) is 20.0 Å². The highest BCUT2D eigenvalue weighted by Gasteiger charge is 2.53. The number of imide groups is 1. The van der Waals surface area contributed by atoms with Crippen molar-refractivity contribution in [3.05, 3.63) is 59.6 Å². The summed E-state index contributed by atoms with van der Waals surface area (Å²) >= 11 is 0. The lowest BCUT2D eigenvalue weighted by Crippen LogP contribution is -2.56. The van der Waals surface area contributed by atoms with Gasteiger partial charge in [-0.15, -0.1) is 0 Å². The monoisotopic (exact) mass is 460 g/mol. The van der Waals surface area contributed by atoms with E-state index in [-0.39, 0.29) is 43.4 Å². The third-order valence-electron chi connectivity index (χ3n) is 6.04. The van der Waals surface area contributed by atoms with Gasteiger partial charge in [-0.05, 0) is 44.2 Å². The van der Waals surface area contributed by atoms with Gasteiger partial charge in [-0.1, -0.05) is 0 Å². The zero-order chi connectivity index (χ0) is 23.9. The highest BCUT2D eigenvalue weighted by Crippen LogP contribution is 2.32. The van der Waals surface area contributed by atoms with Crippen LogP contribution in [0.5, 0.6) is 0 Å². The first kappa shape index (κ1) is 22.4. The summed E-state index contributed by atoms with van der Waals surface area (Å²) in [5.74, 6) is -3.06. The Kier molecular flexibility index (Phi) is 5.64. The first-order chi connectivity index (χ1) is 15.6. The van der Waals surface area contributed by atoms with E-state index in [1.165, 1.54) is 25.0 Å². The van der Waals surface area contributed by atoms with Crippen LogP contribution in [0.3, 0.4) is 0 Å². The van der Waals surface area contributed by atoms with Crippen LogP contribution in [-0.4, -0.2) is 70.7 Å². The van der Waals surface area contributed by atoms with Crippen LogP contribution in [0.15, 0.2) is 41.0 Å². The van der Waals surface area contributed by atoms with Crippen molar-refractivity contribution in [1.29, 1.82) is 0 Å². The zero-order valence-electron chi connectivity index (χ0n) is 18.0. The maximum Gasteiger partial charge on any atom is 0.326 e. The Labute approximate surface area is 187 Å². The molecular weight excluding hydrogens is 438 g/mol. The molecule has 2 aliphatic heterocycles. The lowest BCUT2D eigenvalue weighted by Gasteiger charge is -2.36. The summed E-state index contributed by atoms with van der Waals surface area (Å²) in [5.41, 5.74) is -2.18. The standard InChI is InChI=1S/C22H22F2N4O5/c1-13(18(29)26-7-9-27(10-8-26)19(30)17-4-3-11-33-17)28-20(31)22(2,25-21(28)32)15-12-14(23)5-6-16(15)24/h3-6,11-13H,7-10H2,1-2H3,(H,25,32). The number of nitrogens with one attached hydrogen (secondary N) is 1. The summed E-state index contributed by atoms with van der Waals surface area (Å²) in [5, 5.41) is 2.39. The number of hydrogen-bond donors (Lipinski definition) is 1. The van der Waals surface area contributed by atoms with Crippen LogP contribution in [-0.2, 0) is 15.1 Å². The minimum Gasteiger partial charge on any atom is -0.459 e. The second-order valence-electron chi connectivity index (χ2n) is 8.13. The zero-order valence-corrected chi connectivity index (χ0v) is 18.0. The van der Waals surface area contributed by atoms with Crippen molar-refractivity contribution >= 4 is 23.8 Å². The quantitative estimate of drug-likeness (QED) is 0.700. The van der Waals surface area contributed by atoms with Crippen molar-refractivity contribution < 1.29 is 32.4 Å². The molecule has 0 saturated carbocycles. The molecule has 33 heavy (non-hydrogen) atoms. The predicted molar refractivity (Wildman–Crippen MR) is 110 cm³/mol. The van der Waals surface area contributed by atoms with Gasteiger partial charge in [0.25, 0.3) is 11.8 Å². The van der Waals surface area contributed by atoms with Crippen molar-refractivity contribution in [2.24, 2.45) is 0 Å². The molecule has 0 aliphatic carbocycles. The molecule has 9 nitrogen and oxygen atoms in total. The molecule has 5 amide bonds. The Bertz CT molecular complexity index is 1110. The summed E-state index contributed by atoms with van der Waals surface area (Å²) in [6.45, 7) is 3.58. The van der Waals surface area contributed by atoms with Gasteiger partial charge in [0.1, 0.15) is 23.2 Å². The molecule has 1 N–H and O–H groups in total. The maximum atomic E-state index is 14.3. The number of carbonyl (C=O) groups excluding carboxylic acids is 4. The Hall–Kier alpha value is -3.76. The summed E-state index contributed by atoms with van der Waals surface area (Å²) in [7, 11) is 0. The molecule has 2 atom stereocenters. The number of nitrogens with zero attached hydrogens (tertiary/aromatic N) is 3. The normalized spacial score (nSPS) is 21.9. The molecule has 174 valence electrons. The minimum absolute atomic E-state index is 0.200. The predicted octanol–water partition coefficient (Wildman–Crippen LogP) is 1.70. The number of amides is 5. The lowest BCUT2D eigenvalue weighted by molar-refractivity contribution is -0.143. The van der Waals surface area contributed by atoms with Crippen molar-refractivity contribution in [2.45, 2.75) is 25.4 Å². The third-order valence-corrected chi connectivity index (χ3v) is 6.04. The van der Waals surface area contributed by atoms with Gasteiger partial charge < -0.3 is 19.5 Å². The summed E-state index contributed by atoms with van der Waals surface area (Å²) < 4.78 is 33.2. The third kappa shape index (κ3) is 3.83. The van der Waals surface area contributed by atoms with E-state index in [1.54, 1.807) is 17.0 Å². The Morgan fingerprint density at radius 1 is 1.09 bits per heavy atom. The Balaban J connectivity index is 1.46. The molecule has 3 heterocycles. The molecule has 0 spiro atoms. The second kappa shape index (κ2) is 8.30.